The number of fused-ring (bicyclic) bond motifs is 4. The van der Waals surface area contributed by atoms with Crippen LogP contribution in [0, 0.1) is 5.92 Å². The summed E-state index contributed by atoms with van der Waals surface area (Å²) < 4.78 is 0. The first-order valence-corrected chi connectivity index (χ1v) is 10.1. The summed E-state index contributed by atoms with van der Waals surface area (Å²) >= 11 is 1.79. The minimum Gasteiger partial charge on any atom is -0.334 e. The molecule has 0 aliphatic carbocycles. The first-order chi connectivity index (χ1) is 11.6. The van der Waals surface area contributed by atoms with E-state index in [1.54, 1.807) is 11.8 Å². The summed E-state index contributed by atoms with van der Waals surface area (Å²) in [6, 6.07) is 9.15. The normalized spacial score (nSPS) is 24.1. The average Bonchev–Trinajstić information content (AvgIpc) is 2.83. The molecule has 1 aromatic rings. The van der Waals surface area contributed by atoms with Crippen molar-refractivity contribution in [2.75, 3.05) is 25.9 Å². The highest BCUT2D eigenvalue weighted by molar-refractivity contribution is 7.98. The van der Waals surface area contributed by atoms with E-state index in [0.29, 0.717) is 11.9 Å². The summed E-state index contributed by atoms with van der Waals surface area (Å²) in [4.78, 5) is 18.7. The van der Waals surface area contributed by atoms with Crippen LogP contribution in [0.5, 0.6) is 0 Å². The van der Waals surface area contributed by atoms with Gasteiger partial charge in [-0.25, -0.2) is 0 Å². The molecule has 0 N–H and O–H groups in total. The van der Waals surface area contributed by atoms with Gasteiger partial charge in [-0.2, -0.15) is 0 Å². The van der Waals surface area contributed by atoms with Gasteiger partial charge in [-0.3, -0.25) is 9.69 Å². The highest BCUT2D eigenvalue weighted by atomic mass is 32.2. The van der Waals surface area contributed by atoms with Gasteiger partial charge in [-0.1, -0.05) is 23.8 Å². The van der Waals surface area contributed by atoms with E-state index in [0.717, 1.165) is 39.0 Å². The number of rotatable bonds is 5. The van der Waals surface area contributed by atoms with Crippen molar-refractivity contribution in [1.29, 1.82) is 0 Å². The Balaban J connectivity index is 1.72. The molecule has 3 saturated heterocycles. The molecule has 3 nitrogen and oxygen atoms in total. The number of benzene rings is 1. The fourth-order valence-electron chi connectivity index (χ4n) is 3.81. The maximum atomic E-state index is 12.8. The Kier molecular flexibility index (Phi) is 5.67. The number of nitrogens with zero attached hydrogens (tertiary/aromatic N) is 2. The van der Waals surface area contributed by atoms with Crippen molar-refractivity contribution in [3.63, 3.8) is 0 Å². The van der Waals surface area contributed by atoms with E-state index in [2.05, 4.69) is 60.2 Å². The minimum atomic E-state index is 0.179. The quantitative estimate of drug-likeness (QED) is 0.600. The Morgan fingerprint density at radius 3 is 2.88 bits per heavy atom. The van der Waals surface area contributed by atoms with Crippen molar-refractivity contribution in [2.45, 2.75) is 44.2 Å². The van der Waals surface area contributed by atoms with Gasteiger partial charge < -0.3 is 4.90 Å². The van der Waals surface area contributed by atoms with Crippen molar-refractivity contribution in [3.05, 3.63) is 41.5 Å². The lowest BCUT2D eigenvalue weighted by atomic mass is 9.94. The van der Waals surface area contributed by atoms with E-state index in [9.17, 15) is 4.79 Å². The third-order valence-electron chi connectivity index (χ3n) is 5.11. The van der Waals surface area contributed by atoms with Gasteiger partial charge in [-0.05, 0) is 50.6 Å². The van der Waals surface area contributed by atoms with E-state index in [-0.39, 0.29) is 5.92 Å². The molecule has 0 spiro atoms. The van der Waals surface area contributed by atoms with Crippen molar-refractivity contribution in [1.82, 2.24) is 9.80 Å². The molecule has 3 aliphatic heterocycles. The second-order valence-corrected chi connectivity index (χ2v) is 8.13. The topological polar surface area (TPSA) is 23.6 Å². The van der Waals surface area contributed by atoms with Crippen LogP contribution in [-0.4, -0.2) is 47.6 Å². The fourth-order valence-corrected chi connectivity index (χ4v) is 4.29. The van der Waals surface area contributed by atoms with Crippen molar-refractivity contribution in [2.24, 2.45) is 5.92 Å². The molecule has 0 saturated carbocycles. The lowest BCUT2D eigenvalue weighted by molar-refractivity contribution is -0.139. The molecule has 4 heteroatoms. The van der Waals surface area contributed by atoms with E-state index in [1.807, 2.05) is 0 Å². The number of piperidine rings is 1. The predicted octanol–water partition coefficient (Wildman–Crippen LogP) is 3.80. The molecule has 3 fully saturated rings. The van der Waals surface area contributed by atoms with Crippen LogP contribution in [0.2, 0.25) is 0 Å². The highest BCUT2D eigenvalue weighted by Gasteiger charge is 2.39. The largest absolute Gasteiger partial charge is 0.334 e. The van der Waals surface area contributed by atoms with Gasteiger partial charge in [0.15, 0.2) is 0 Å². The van der Waals surface area contributed by atoms with Crippen molar-refractivity contribution < 1.29 is 4.79 Å². The summed E-state index contributed by atoms with van der Waals surface area (Å²) in [6.45, 7) is 7.84. The van der Waals surface area contributed by atoms with E-state index in [1.165, 1.54) is 16.0 Å². The van der Waals surface area contributed by atoms with Gasteiger partial charge in [0.05, 0.1) is 5.92 Å². The number of allylic oxidation sites excluding steroid dienone is 1. The van der Waals surface area contributed by atoms with Crippen LogP contribution in [0.4, 0.5) is 0 Å². The number of carbonyl (C=O) groups is 1. The molecular formula is C20H28N2OS. The number of hydrogen-bond donors (Lipinski definition) is 0. The zero-order valence-electron chi connectivity index (χ0n) is 15.0. The third kappa shape index (κ3) is 4.04. The van der Waals surface area contributed by atoms with Crippen LogP contribution in [0.3, 0.4) is 0 Å². The third-order valence-corrected chi connectivity index (χ3v) is 5.83. The monoisotopic (exact) mass is 344 g/mol. The Morgan fingerprint density at radius 1 is 1.29 bits per heavy atom. The predicted molar refractivity (Wildman–Crippen MR) is 101 cm³/mol. The zero-order chi connectivity index (χ0) is 17.1. The minimum absolute atomic E-state index is 0.179. The Bertz CT molecular complexity index is 624. The first kappa shape index (κ1) is 17.6. The van der Waals surface area contributed by atoms with Crippen LogP contribution in [0.1, 0.15) is 32.3 Å². The summed E-state index contributed by atoms with van der Waals surface area (Å²) in [5.74, 6) is 0.544. The van der Waals surface area contributed by atoms with Crippen LogP contribution < -0.4 is 0 Å². The van der Waals surface area contributed by atoms with Crippen molar-refractivity contribution in [3.8, 4) is 0 Å². The Hall–Kier alpha value is -1.26. The van der Waals surface area contributed by atoms with E-state index >= 15 is 0 Å². The molecule has 0 unspecified atom stereocenters. The smallest absolute Gasteiger partial charge is 0.227 e. The summed E-state index contributed by atoms with van der Waals surface area (Å²) in [7, 11) is 0. The fraction of sp³-hybridized carbons (Fsp3) is 0.550. The number of carbonyl (C=O) groups excluding carboxylic acids is 1. The average molecular weight is 345 g/mol. The Morgan fingerprint density at radius 2 is 2.12 bits per heavy atom. The summed E-state index contributed by atoms with van der Waals surface area (Å²) in [6.07, 6.45) is 6.50. The van der Waals surface area contributed by atoms with Gasteiger partial charge in [0.25, 0.3) is 0 Å². The number of amides is 1. The van der Waals surface area contributed by atoms with Crippen molar-refractivity contribution >= 4 is 17.7 Å². The lowest BCUT2D eigenvalue weighted by Crippen LogP contribution is -2.47. The maximum absolute atomic E-state index is 12.8. The highest BCUT2D eigenvalue weighted by Crippen LogP contribution is 2.30. The van der Waals surface area contributed by atoms with E-state index in [4.69, 9.17) is 0 Å². The molecule has 2 atom stereocenters. The second kappa shape index (κ2) is 7.75. The molecule has 1 amide bonds. The summed E-state index contributed by atoms with van der Waals surface area (Å²) in [5.41, 5.74) is 2.64. The maximum Gasteiger partial charge on any atom is 0.227 e. The molecule has 24 heavy (non-hydrogen) atoms. The second-order valence-electron chi connectivity index (χ2n) is 7.25. The molecule has 3 heterocycles. The lowest BCUT2D eigenvalue weighted by Gasteiger charge is -2.35. The van der Waals surface area contributed by atoms with Gasteiger partial charge in [0.2, 0.25) is 5.91 Å². The number of thioether (sulfide) groups is 1. The number of hydrogen-bond acceptors (Lipinski definition) is 3. The van der Waals surface area contributed by atoms with Gasteiger partial charge >= 0.3 is 0 Å². The SMILES string of the molecule is CSc1cccc(CN2C[C@@H]3CC[C@H](C2)N(CC=C(C)C)C3=O)c1. The van der Waals surface area contributed by atoms with E-state index < -0.39 is 0 Å². The first-order valence-electron chi connectivity index (χ1n) is 8.86. The molecule has 1 aromatic carbocycles. The molecule has 0 radical (unpaired) electrons. The molecule has 3 aliphatic rings. The van der Waals surface area contributed by atoms with Crippen LogP contribution >= 0.6 is 11.8 Å². The zero-order valence-corrected chi connectivity index (χ0v) is 15.8. The molecule has 2 bridgehead atoms. The van der Waals surface area contributed by atoms with Crippen LogP contribution in [0.25, 0.3) is 0 Å². The standard InChI is InChI=1S/C20H28N2OS/c1-15(2)9-10-22-18-8-7-17(20(22)23)13-21(14-18)12-16-5-4-6-19(11-16)24-3/h4-6,9,11,17-18H,7-8,10,12-14H2,1-3H3/t17-,18+/m0/s1. The van der Waals surface area contributed by atoms with Gasteiger partial charge in [-0.15, -0.1) is 11.8 Å². The van der Waals surface area contributed by atoms with Gasteiger partial charge in [0, 0.05) is 37.1 Å². The Labute approximate surface area is 150 Å². The molecular weight excluding hydrogens is 316 g/mol. The molecule has 4 rings (SSSR count). The summed E-state index contributed by atoms with van der Waals surface area (Å²) in [5, 5.41) is 0. The molecule has 0 aromatic heterocycles. The van der Waals surface area contributed by atoms with Crippen LogP contribution in [-0.2, 0) is 11.3 Å². The molecule has 130 valence electrons. The van der Waals surface area contributed by atoms with Crippen LogP contribution in [0.15, 0.2) is 40.8 Å². The van der Waals surface area contributed by atoms with Gasteiger partial charge in [0.1, 0.15) is 0 Å².